The molecule has 0 aliphatic carbocycles. The molecule has 0 radical (unpaired) electrons. The Labute approximate surface area is 138 Å². The zero-order valence-corrected chi connectivity index (χ0v) is 14.1. The summed E-state index contributed by atoms with van der Waals surface area (Å²) in [7, 11) is 1.60. The second-order valence-electron chi connectivity index (χ2n) is 4.77. The average molecular weight is 358 g/mol. The van der Waals surface area contributed by atoms with Gasteiger partial charge in [0.1, 0.15) is 6.61 Å². The monoisotopic (exact) mass is 357 g/mol. The van der Waals surface area contributed by atoms with Crippen molar-refractivity contribution in [2.75, 3.05) is 7.11 Å². The van der Waals surface area contributed by atoms with Crippen molar-refractivity contribution in [2.24, 2.45) is 0 Å². The van der Waals surface area contributed by atoms with Gasteiger partial charge in [-0.1, -0.05) is 29.8 Å². The normalized spacial score (nSPS) is 10.5. The molecule has 0 aromatic heterocycles. The van der Waals surface area contributed by atoms with Crippen LogP contribution in [0.4, 0.5) is 0 Å². The van der Waals surface area contributed by atoms with Crippen molar-refractivity contribution in [3.8, 4) is 17.6 Å². The van der Waals surface area contributed by atoms with Crippen molar-refractivity contribution in [1.29, 1.82) is 5.26 Å². The number of hydrogen-bond donors (Lipinski definition) is 0. The Bertz CT molecular complexity index is 715. The topological polar surface area (TPSA) is 42.2 Å². The molecule has 0 amide bonds. The maximum atomic E-state index is 8.60. The van der Waals surface area contributed by atoms with Crippen molar-refractivity contribution in [2.45, 2.75) is 13.5 Å². The molecular formula is C18H16BrNO2. The summed E-state index contributed by atoms with van der Waals surface area (Å²) in [6, 6.07) is 13.9. The van der Waals surface area contributed by atoms with Crippen LogP contribution in [0.25, 0.3) is 6.08 Å². The van der Waals surface area contributed by atoms with Gasteiger partial charge in [0, 0.05) is 6.08 Å². The van der Waals surface area contributed by atoms with E-state index in [-0.39, 0.29) is 0 Å². The summed E-state index contributed by atoms with van der Waals surface area (Å²) in [5, 5.41) is 8.60. The van der Waals surface area contributed by atoms with Crippen LogP contribution in [0, 0.1) is 18.3 Å². The summed E-state index contributed by atoms with van der Waals surface area (Å²) in [5.41, 5.74) is 3.18. The van der Waals surface area contributed by atoms with Crippen molar-refractivity contribution in [1.82, 2.24) is 0 Å². The van der Waals surface area contributed by atoms with Gasteiger partial charge in [-0.05, 0) is 52.2 Å². The summed E-state index contributed by atoms with van der Waals surface area (Å²) in [4.78, 5) is 0. The third-order valence-corrected chi connectivity index (χ3v) is 3.69. The predicted octanol–water partition coefficient (Wildman–Crippen LogP) is 4.88. The van der Waals surface area contributed by atoms with E-state index in [1.165, 1.54) is 11.6 Å². The molecule has 0 atom stereocenters. The summed E-state index contributed by atoms with van der Waals surface area (Å²) < 4.78 is 12.1. The molecule has 0 unspecified atom stereocenters. The Morgan fingerprint density at radius 2 is 1.95 bits per heavy atom. The van der Waals surface area contributed by atoms with Crippen LogP contribution in [-0.2, 0) is 6.61 Å². The molecule has 22 heavy (non-hydrogen) atoms. The molecule has 112 valence electrons. The van der Waals surface area contributed by atoms with E-state index in [0.29, 0.717) is 18.1 Å². The fourth-order valence-corrected chi connectivity index (χ4v) is 2.52. The minimum atomic E-state index is 0.461. The van der Waals surface area contributed by atoms with Gasteiger partial charge in [0.05, 0.1) is 17.7 Å². The highest BCUT2D eigenvalue weighted by molar-refractivity contribution is 9.10. The number of halogens is 1. The lowest BCUT2D eigenvalue weighted by Gasteiger charge is -2.13. The Kier molecular flexibility index (Phi) is 5.62. The van der Waals surface area contributed by atoms with Gasteiger partial charge in [-0.3, -0.25) is 0 Å². The van der Waals surface area contributed by atoms with E-state index in [4.69, 9.17) is 14.7 Å². The minimum absolute atomic E-state index is 0.461. The molecular weight excluding hydrogens is 342 g/mol. The van der Waals surface area contributed by atoms with Crippen LogP contribution in [-0.4, -0.2) is 7.11 Å². The van der Waals surface area contributed by atoms with Gasteiger partial charge >= 0.3 is 0 Å². The maximum absolute atomic E-state index is 8.60. The van der Waals surface area contributed by atoms with Gasteiger partial charge in [0.15, 0.2) is 11.5 Å². The van der Waals surface area contributed by atoms with E-state index < -0.39 is 0 Å². The molecule has 0 heterocycles. The molecule has 0 aliphatic heterocycles. The van der Waals surface area contributed by atoms with Crippen LogP contribution in [0.1, 0.15) is 16.7 Å². The number of ether oxygens (including phenoxy) is 2. The number of methoxy groups -OCH3 is 1. The Morgan fingerprint density at radius 3 is 2.59 bits per heavy atom. The maximum Gasteiger partial charge on any atom is 0.175 e. The summed E-state index contributed by atoms with van der Waals surface area (Å²) in [5.74, 6) is 1.27. The SMILES string of the molecule is COc1cc(/C=C/C#N)cc(Br)c1OCc1ccc(C)cc1. The highest BCUT2D eigenvalue weighted by atomic mass is 79.9. The van der Waals surface area contributed by atoms with Crippen molar-refractivity contribution in [3.63, 3.8) is 0 Å². The van der Waals surface area contributed by atoms with Crippen LogP contribution in [0.2, 0.25) is 0 Å². The number of allylic oxidation sites excluding steroid dienone is 1. The number of nitrogens with zero attached hydrogens (tertiary/aromatic N) is 1. The first-order valence-electron chi connectivity index (χ1n) is 6.76. The first kappa shape index (κ1) is 16.1. The molecule has 0 saturated carbocycles. The van der Waals surface area contributed by atoms with Gasteiger partial charge in [-0.25, -0.2) is 0 Å². The van der Waals surface area contributed by atoms with Crippen LogP contribution in [0.15, 0.2) is 46.9 Å². The van der Waals surface area contributed by atoms with Gasteiger partial charge < -0.3 is 9.47 Å². The molecule has 2 rings (SSSR count). The van der Waals surface area contributed by atoms with Gasteiger partial charge in [-0.15, -0.1) is 0 Å². The molecule has 4 heteroatoms. The van der Waals surface area contributed by atoms with Crippen LogP contribution >= 0.6 is 15.9 Å². The molecule has 2 aromatic carbocycles. The second-order valence-corrected chi connectivity index (χ2v) is 5.63. The van der Waals surface area contributed by atoms with E-state index in [1.54, 1.807) is 13.2 Å². The lowest BCUT2D eigenvalue weighted by molar-refractivity contribution is 0.282. The van der Waals surface area contributed by atoms with Crippen LogP contribution in [0.3, 0.4) is 0 Å². The van der Waals surface area contributed by atoms with Crippen molar-refractivity contribution in [3.05, 3.63) is 63.6 Å². The quantitative estimate of drug-likeness (QED) is 0.716. The fourth-order valence-electron chi connectivity index (χ4n) is 1.95. The molecule has 0 aliphatic rings. The summed E-state index contributed by atoms with van der Waals surface area (Å²) >= 11 is 3.49. The first-order chi connectivity index (χ1) is 10.6. The zero-order valence-electron chi connectivity index (χ0n) is 12.5. The molecule has 0 fully saturated rings. The third kappa shape index (κ3) is 4.12. The molecule has 2 aromatic rings. The van der Waals surface area contributed by atoms with Crippen molar-refractivity contribution < 1.29 is 9.47 Å². The largest absolute Gasteiger partial charge is 0.493 e. The lowest BCUT2D eigenvalue weighted by Crippen LogP contribution is -1.99. The van der Waals surface area contributed by atoms with Gasteiger partial charge in [0.25, 0.3) is 0 Å². The Morgan fingerprint density at radius 1 is 1.23 bits per heavy atom. The highest BCUT2D eigenvalue weighted by Gasteiger charge is 2.11. The Hall–Kier alpha value is -2.25. The average Bonchev–Trinajstić information content (AvgIpc) is 2.53. The molecule has 3 nitrogen and oxygen atoms in total. The van der Waals surface area contributed by atoms with Gasteiger partial charge in [-0.2, -0.15) is 5.26 Å². The first-order valence-corrected chi connectivity index (χ1v) is 7.55. The number of nitriles is 1. The standard InChI is InChI=1S/C18H16BrNO2/c1-13-5-7-14(8-6-13)12-22-18-16(19)10-15(4-3-9-20)11-17(18)21-2/h3-8,10-11H,12H2,1-2H3/b4-3+. The number of hydrogen-bond acceptors (Lipinski definition) is 3. The minimum Gasteiger partial charge on any atom is -0.493 e. The summed E-state index contributed by atoms with van der Waals surface area (Å²) in [6.07, 6.45) is 3.14. The number of rotatable bonds is 5. The zero-order chi connectivity index (χ0) is 15.9. The highest BCUT2D eigenvalue weighted by Crippen LogP contribution is 2.37. The lowest BCUT2D eigenvalue weighted by atomic mass is 10.1. The van der Waals surface area contributed by atoms with E-state index >= 15 is 0 Å². The Balaban J connectivity index is 2.21. The summed E-state index contributed by atoms with van der Waals surface area (Å²) in [6.45, 7) is 2.51. The number of benzene rings is 2. The van der Waals surface area contributed by atoms with E-state index in [1.807, 2.05) is 30.3 Å². The fraction of sp³-hybridized carbons (Fsp3) is 0.167. The molecule has 0 bridgehead atoms. The van der Waals surface area contributed by atoms with Crippen LogP contribution < -0.4 is 9.47 Å². The molecule has 0 saturated heterocycles. The number of aryl methyl sites for hydroxylation is 1. The van der Waals surface area contributed by atoms with Crippen LogP contribution in [0.5, 0.6) is 11.5 Å². The third-order valence-electron chi connectivity index (χ3n) is 3.11. The van der Waals surface area contributed by atoms with E-state index in [9.17, 15) is 0 Å². The second kappa shape index (κ2) is 7.67. The predicted molar refractivity (Wildman–Crippen MR) is 90.9 cm³/mol. The van der Waals surface area contributed by atoms with E-state index in [2.05, 4.69) is 35.0 Å². The molecule has 0 N–H and O–H groups in total. The van der Waals surface area contributed by atoms with Gasteiger partial charge in [0.2, 0.25) is 0 Å². The molecule has 0 spiro atoms. The van der Waals surface area contributed by atoms with E-state index in [0.717, 1.165) is 15.6 Å². The smallest absolute Gasteiger partial charge is 0.175 e. The van der Waals surface area contributed by atoms with Crippen molar-refractivity contribution >= 4 is 22.0 Å².